The standard InChI is InChI=1S/C27H33FN4O3/c1-5-31-12-14-32(15-13-31)26-11-8-22(28)16-24(26)18(2)29-27(33)21-6-9-23(10-7-21)34-17-25-19(3)30-35-20(25)4/h6-11,16,18H,5,12-15,17H2,1-4H3,(H,29,33)/t18-/m0/s1. The number of anilines is 1. The molecule has 0 saturated carbocycles. The molecule has 0 unspecified atom stereocenters. The molecule has 1 aliphatic rings. The van der Waals surface area contributed by atoms with E-state index in [9.17, 15) is 9.18 Å². The molecule has 2 heterocycles. The molecule has 0 spiro atoms. The zero-order valence-electron chi connectivity index (χ0n) is 20.8. The van der Waals surface area contributed by atoms with Crippen LogP contribution in [-0.4, -0.2) is 48.7 Å². The number of nitrogens with zero attached hydrogens (tertiary/aromatic N) is 3. The second kappa shape index (κ2) is 10.9. The fraction of sp³-hybridized carbons (Fsp3) is 0.407. The number of carbonyl (C=O) groups excluding carboxylic acids is 1. The smallest absolute Gasteiger partial charge is 0.251 e. The number of halogens is 1. The molecule has 8 heteroatoms. The lowest BCUT2D eigenvalue weighted by Gasteiger charge is -2.37. The lowest BCUT2D eigenvalue weighted by atomic mass is 10.0. The van der Waals surface area contributed by atoms with Gasteiger partial charge in [0.2, 0.25) is 0 Å². The molecule has 2 aromatic carbocycles. The molecule has 0 aliphatic carbocycles. The highest BCUT2D eigenvalue weighted by molar-refractivity contribution is 5.94. The van der Waals surface area contributed by atoms with Crippen LogP contribution < -0.4 is 15.0 Å². The van der Waals surface area contributed by atoms with E-state index < -0.39 is 0 Å². The van der Waals surface area contributed by atoms with Gasteiger partial charge in [-0.25, -0.2) is 4.39 Å². The van der Waals surface area contributed by atoms with Crippen molar-refractivity contribution < 1.29 is 18.4 Å². The van der Waals surface area contributed by atoms with Gasteiger partial charge in [-0.05, 0) is 69.8 Å². The monoisotopic (exact) mass is 480 g/mol. The predicted octanol–water partition coefficient (Wildman–Crippen LogP) is 4.64. The van der Waals surface area contributed by atoms with Crippen LogP contribution in [0.1, 0.15) is 52.8 Å². The number of carbonyl (C=O) groups is 1. The summed E-state index contributed by atoms with van der Waals surface area (Å²) in [4.78, 5) is 17.6. The Hall–Kier alpha value is -3.39. The summed E-state index contributed by atoms with van der Waals surface area (Å²) in [5.74, 6) is 0.849. The number of likely N-dealkylation sites (N-methyl/N-ethyl adjacent to an activating group) is 1. The van der Waals surface area contributed by atoms with Gasteiger partial charge in [0.15, 0.2) is 0 Å². The summed E-state index contributed by atoms with van der Waals surface area (Å²) in [6.45, 7) is 12.8. The van der Waals surface area contributed by atoms with Crippen LogP contribution in [-0.2, 0) is 6.61 Å². The van der Waals surface area contributed by atoms with Crippen molar-refractivity contribution >= 4 is 11.6 Å². The molecule has 186 valence electrons. The van der Waals surface area contributed by atoms with Crippen LogP contribution >= 0.6 is 0 Å². The van der Waals surface area contributed by atoms with Gasteiger partial charge in [0.05, 0.1) is 17.3 Å². The Labute approximate surface area is 205 Å². The largest absolute Gasteiger partial charge is 0.489 e. The zero-order valence-corrected chi connectivity index (χ0v) is 20.8. The van der Waals surface area contributed by atoms with Crippen molar-refractivity contribution in [3.8, 4) is 5.75 Å². The summed E-state index contributed by atoms with van der Waals surface area (Å²) in [5.41, 5.74) is 3.98. The lowest BCUT2D eigenvalue weighted by Crippen LogP contribution is -2.46. The Kier molecular flexibility index (Phi) is 7.70. The number of piperazine rings is 1. The van der Waals surface area contributed by atoms with Crippen LogP contribution in [0, 0.1) is 19.7 Å². The summed E-state index contributed by atoms with van der Waals surface area (Å²) >= 11 is 0. The van der Waals surface area contributed by atoms with Crippen LogP contribution in [0.3, 0.4) is 0 Å². The van der Waals surface area contributed by atoms with Gasteiger partial charge in [0.25, 0.3) is 5.91 Å². The summed E-state index contributed by atoms with van der Waals surface area (Å²) in [6.07, 6.45) is 0. The molecule has 1 saturated heterocycles. The molecular weight excluding hydrogens is 447 g/mol. The Bertz CT molecular complexity index is 1130. The predicted molar refractivity (Wildman–Crippen MR) is 133 cm³/mol. The first-order valence-corrected chi connectivity index (χ1v) is 12.1. The topological polar surface area (TPSA) is 70.8 Å². The average Bonchev–Trinajstić information content (AvgIpc) is 3.19. The van der Waals surface area contributed by atoms with E-state index in [0.29, 0.717) is 17.9 Å². The van der Waals surface area contributed by atoms with E-state index in [2.05, 4.69) is 27.2 Å². The fourth-order valence-corrected chi connectivity index (χ4v) is 4.39. The highest BCUT2D eigenvalue weighted by atomic mass is 19.1. The minimum atomic E-state index is -0.354. The van der Waals surface area contributed by atoms with Crippen molar-refractivity contribution in [1.29, 1.82) is 0 Å². The summed E-state index contributed by atoms with van der Waals surface area (Å²) in [7, 11) is 0. The first-order valence-electron chi connectivity index (χ1n) is 12.1. The van der Waals surface area contributed by atoms with Gasteiger partial charge in [0.1, 0.15) is 23.9 Å². The minimum absolute atomic E-state index is 0.221. The maximum absolute atomic E-state index is 14.2. The van der Waals surface area contributed by atoms with Crippen molar-refractivity contribution in [1.82, 2.24) is 15.4 Å². The summed E-state index contributed by atoms with van der Waals surface area (Å²) in [6, 6.07) is 11.5. The van der Waals surface area contributed by atoms with Gasteiger partial charge in [-0.15, -0.1) is 0 Å². The van der Waals surface area contributed by atoms with Gasteiger partial charge >= 0.3 is 0 Å². The number of amides is 1. The number of hydrogen-bond donors (Lipinski definition) is 1. The number of hydrogen-bond acceptors (Lipinski definition) is 6. The molecule has 3 aromatic rings. The van der Waals surface area contributed by atoms with Crippen LogP contribution in [0.4, 0.5) is 10.1 Å². The number of ether oxygens (including phenoxy) is 1. The molecule has 1 amide bonds. The van der Waals surface area contributed by atoms with E-state index in [4.69, 9.17) is 9.26 Å². The van der Waals surface area contributed by atoms with Gasteiger partial charge in [0, 0.05) is 43.0 Å². The lowest BCUT2D eigenvalue weighted by molar-refractivity contribution is 0.0940. The summed E-state index contributed by atoms with van der Waals surface area (Å²) < 4.78 is 25.1. The SMILES string of the molecule is CCN1CCN(c2ccc(F)cc2[C@H](C)NC(=O)c2ccc(OCc3c(C)noc3C)cc2)CC1. The molecule has 0 radical (unpaired) electrons. The van der Waals surface area contributed by atoms with Crippen molar-refractivity contribution in [2.24, 2.45) is 0 Å². The first-order chi connectivity index (χ1) is 16.9. The van der Waals surface area contributed by atoms with Crippen molar-refractivity contribution in [2.45, 2.75) is 40.3 Å². The van der Waals surface area contributed by atoms with E-state index in [1.807, 2.05) is 26.8 Å². The quantitative estimate of drug-likeness (QED) is 0.506. The number of benzene rings is 2. The maximum atomic E-state index is 14.2. The average molecular weight is 481 g/mol. The number of aryl methyl sites for hydroxylation is 2. The Morgan fingerprint density at radius 2 is 1.86 bits per heavy atom. The Balaban J connectivity index is 1.40. The second-order valence-electron chi connectivity index (χ2n) is 8.94. The van der Waals surface area contributed by atoms with Gasteiger partial charge in [-0.3, -0.25) is 4.79 Å². The van der Waals surface area contributed by atoms with E-state index in [0.717, 1.165) is 61.0 Å². The van der Waals surface area contributed by atoms with Gasteiger partial charge < -0.3 is 24.4 Å². The molecule has 7 nitrogen and oxygen atoms in total. The molecule has 1 N–H and O–H groups in total. The van der Waals surface area contributed by atoms with E-state index in [1.165, 1.54) is 12.1 Å². The number of nitrogens with one attached hydrogen (secondary N) is 1. The van der Waals surface area contributed by atoms with Crippen LogP contribution in [0.25, 0.3) is 0 Å². The van der Waals surface area contributed by atoms with E-state index in [-0.39, 0.29) is 17.8 Å². The van der Waals surface area contributed by atoms with Gasteiger partial charge in [-0.1, -0.05) is 12.1 Å². The molecule has 4 rings (SSSR count). The minimum Gasteiger partial charge on any atom is -0.489 e. The highest BCUT2D eigenvalue weighted by Crippen LogP contribution is 2.29. The van der Waals surface area contributed by atoms with Gasteiger partial charge in [-0.2, -0.15) is 0 Å². The van der Waals surface area contributed by atoms with Crippen molar-refractivity contribution in [3.05, 3.63) is 76.4 Å². The fourth-order valence-electron chi connectivity index (χ4n) is 4.39. The Morgan fingerprint density at radius 3 is 2.49 bits per heavy atom. The number of rotatable bonds is 8. The molecule has 1 fully saturated rings. The number of aromatic nitrogens is 1. The van der Waals surface area contributed by atoms with E-state index >= 15 is 0 Å². The van der Waals surface area contributed by atoms with Crippen LogP contribution in [0.15, 0.2) is 47.0 Å². The molecule has 1 aliphatic heterocycles. The zero-order chi connectivity index (χ0) is 24.9. The van der Waals surface area contributed by atoms with Crippen molar-refractivity contribution in [3.63, 3.8) is 0 Å². The maximum Gasteiger partial charge on any atom is 0.251 e. The van der Waals surface area contributed by atoms with E-state index in [1.54, 1.807) is 24.3 Å². The molecule has 1 aromatic heterocycles. The molecule has 1 atom stereocenters. The normalized spacial score (nSPS) is 15.2. The molecule has 35 heavy (non-hydrogen) atoms. The molecule has 0 bridgehead atoms. The third-order valence-electron chi connectivity index (χ3n) is 6.64. The molecular formula is C27H33FN4O3. The third kappa shape index (κ3) is 5.82. The Morgan fingerprint density at radius 1 is 1.14 bits per heavy atom. The highest BCUT2D eigenvalue weighted by Gasteiger charge is 2.22. The second-order valence-corrected chi connectivity index (χ2v) is 8.94. The summed E-state index contributed by atoms with van der Waals surface area (Å²) in [5, 5.41) is 6.95. The van der Waals surface area contributed by atoms with Crippen LogP contribution in [0.2, 0.25) is 0 Å². The third-order valence-corrected chi connectivity index (χ3v) is 6.64. The van der Waals surface area contributed by atoms with Crippen molar-refractivity contribution in [2.75, 3.05) is 37.6 Å². The van der Waals surface area contributed by atoms with Crippen LogP contribution in [0.5, 0.6) is 5.75 Å². The first kappa shape index (κ1) is 24.7.